The van der Waals surface area contributed by atoms with Crippen LogP contribution in [0.2, 0.25) is 0 Å². The lowest BCUT2D eigenvalue weighted by atomic mass is 9.97. The molecule has 0 radical (unpaired) electrons. The molecule has 1 aliphatic carbocycles. The average Bonchev–Trinajstić information content (AvgIpc) is 3.04. The molecule has 0 unspecified atom stereocenters. The zero-order valence-electron chi connectivity index (χ0n) is 14.6. The van der Waals surface area contributed by atoms with Gasteiger partial charge in [0.1, 0.15) is 6.54 Å². The zero-order chi connectivity index (χ0) is 18.1. The molecule has 134 valence electrons. The van der Waals surface area contributed by atoms with Crippen molar-refractivity contribution < 1.29 is 4.79 Å². The maximum atomic E-state index is 12.9. The Labute approximate surface area is 154 Å². The summed E-state index contributed by atoms with van der Waals surface area (Å²) >= 11 is 1.56. The number of hydrogen-bond acceptors (Lipinski definition) is 5. The van der Waals surface area contributed by atoms with Gasteiger partial charge in [0.25, 0.3) is 5.56 Å². The molecule has 2 heterocycles. The van der Waals surface area contributed by atoms with E-state index in [1.54, 1.807) is 11.3 Å². The molecule has 0 fully saturated rings. The Morgan fingerprint density at radius 1 is 1.27 bits per heavy atom. The van der Waals surface area contributed by atoms with Gasteiger partial charge in [-0.15, -0.1) is 16.4 Å². The third-order valence-corrected chi connectivity index (χ3v) is 5.99. The number of carbonyl (C=O) groups excluding carboxylic acids is 1. The van der Waals surface area contributed by atoms with Crippen LogP contribution in [0.4, 0.5) is 5.69 Å². The number of nitrogens with zero attached hydrogens (tertiary/aromatic N) is 3. The molecule has 0 spiro atoms. The predicted octanol–water partition coefficient (Wildman–Crippen LogP) is 2.93. The van der Waals surface area contributed by atoms with Gasteiger partial charge >= 0.3 is 0 Å². The van der Waals surface area contributed by atoms with E-state index in [2.05, 4.69) is 15.6 Å². The number of amides is 1. The van der Waals surface area contributed by atoms with Crippen molar-refractivity contribution in [3.63, 3.8) is 0 Å². The standard InChI is InChI=1S/C19H20N4O2S/c1-2-12-7-3-5-9-14(12)20-16(24)11-23-19(25)17-13-8-4-6-10-15(13)26-18(17)21-22-23/h3,5,7,9H,2,4,6,8,10-11H2,1H3,(H,20,24). The summed E-state index contributed by atoms with van der Waals surface area (Å²) in [7, 11) is 0. The Kier molecular flexibility index (Phi) is 4.55. The van der Waals surface area contributed by atoms with Gasteiger partial charge in [-0.05, 0) is 49.3 Å². The van der Waals surface area contributed by atoms with Crippen molar-refractivity contribution in [3.05, 3.63) is 50.6 Å². The van der Waals surface area contributed by atoms with Crippen molar-refractivity contribution in [1.29, 1.82) is 0 Å². The summed E-state index contributed by atoms with van der Waals surface area (Å²) in [5.41, 5.74) is 2.73. The van der Waals surface area contributed by atoms with Gasteiger partial charge in [-0.2, -0.15) is 0 Å². The maximum Gasteiger partial charge on any atom is 0.279 e. The van der Waals surface area contributed by atoms with Crippen molar-refractivity contribution >= 4 is 33.1 Å². The summed E-state index contributed by atoms with van der Waals surface area (Å²) in [5, 5.41) is 11.7. The van der Waals surface area contributed by atoms with Gasteiger partial charge in [0, 0.05) is 10.6 Å². The third kappa shape index (κ3) is 3.03. The van der Waals surface area contributed by atoms with Gasteiger partial charge in [-0.25, -0.2) is 4.68 Å². The van der Waals surface area contributed by atoms with E-state index < -0.39 is 0 Å². The molecule has 6 nitrogen and oxygen atoms in total. The second kappa shape index (κ2) is 6.99. The van der Waals surface area contributed by atoms with Crippen LogP contribution < -0.4 is 10.9 Å². The Bertz CT molecular complexity index is 1040. The molecule has 1 aliphatic rings. The number of fused-ring (bicyclic) bond motifs is 3. The monoisotopic (exact) mass is 368 g/mol. The molecule has 1 aromatic carbocycles. The first-order valence-corrected chi connectivity index (χ1v) is 9.75. The molecule has 0 aliphatic heterocycles. The zero-order valence-corrected chi connectivity index (χ0v) is 15.4. The third-order valence-electron chi connectivity index (χ3n) is 4.81. The fourth-order valence-corrected chi connectivity index (χ4v) is 4.68. The number of hydrogen-bond donors (Lipinski definition) is 1. The van der Waals surface area contributed by atoms with Gasteiger partial charge in [-0.3, -0.25) is 9.59 Å². The second-order valence-electron chi connectivity index (χ2n) is 6.50. The van der Waals surface area contributed by atoms with Crippen LogP contribution in [-0.2, 0) is 30.6 Å². The van der Waals surface area contributed by atoms with Crippen LogP contribution in [0, 0.1) is 0 Å². The summed E-state index contributed by atoms with van der Waals surface area (Å²) in [6.45, 7) is 1.90. The molecule has 26 heavy (non-hydrogen) atoms. The van der Waals surface area contributed by atoms with E-state index in [1.165, 1.54) is 9.56 Å². The molecular weight excluding hydrogens is 348 g/mol. The molecule has 0 atom stereocenters. The molecule has 0 saturated carbocycles. The average molecular weight is 368 g/mol. The first-order chi connectivity index (χ1) is 12.7. The van der Waals surface area contributed by atoms with Gasteiger partial charge in [0.05, 0.1) is 5.39 Å². The summed E-state index contributed by atoms with van der Waals surface area (Å²) in [6.07, 6.45) is 4.98. The van der Waals surface area contributed by atoms with E-state index in [1.807, 2.05) is 31.2 Å². The lowest BCUT2D eigenvalue weighted by molar-refractivity contribution is -0.117. The van der Waals surface area contributed by atoms with E-state index in [0.717, 1.165) is 48.9 Å². The minimum absolute atomic E-state index is 0.134. The second-order valence-corrected chi connectivity index (χ2v) is 7.59. The highest BCUT2D eigenvalue weighted by Crippen LogP contribution is 2.33. The maximum absolute atomic E-state index is 12.9. The number of nitrogens with one attached hydrogen (secondary N) is 1. The molecule has 7 heteroatoms. The van der Waals surface area contributed by atoms with E-state index >= 15 is 0 Å². The number of carbonyl (C=O) groups is 1. The molecule has 1 amide bonds. The van der Waals surface area contributed by atoms with Crippen LogP contribution >= 0.6 is 11.3 Å². The fraction of sp³-hybridized carbons (Fsp3) is 0.368. The highest BCUT2D eigenvalue weighted by molar-refractivity contribution is 7.18. The first-order valence-electron chi connectivity index (χ1n) is 8.93. The molecule has 0 saturated heterocycles. The number of aryl methyl sites for hydroxylation is 3. The van der Waals surface area contributed by atoms with Crippen LogP contribution in [0.3, 0.4) is 0 Å². The van der Waals surface area contributed by atoms with Crippen molar-refractivity contribution in [2.45, 2.75) is 45.6 Å². The number of para-hydroxylation sites is 1. The van der Waals surface area contributed by atoms with Crippen molar-refractivity contribution in [3.8, 4) is 0 Å². The Morgan fingerprint density at radius 2 is 2.08 bits per heavy atom. The minimum Gasteiger partial charge on any atom is -0.324 e. The lowest BCUT2D eigenvalue weighted by Gasteiger charge is -2.11. The lowest BCUT2D eigenvalue weighted by Crippen LogP contribution is -2.30. The molecule has 0 bridgehead atoms. The topological polar surface area (TPSA) is 76.9 Å². The highest BCUT2D eigenvalue weighted by Gasteiger charge is 2.21. The van der Waals surface area contributed by atoms with E-state index in [4.69, 9.17) is 0 Å². The van der Waals surface area contributed by atoms with Crippen LogP contribution in [0.15, 0.2) is 29.1 Å². The van der Waals surface area contributed by atoms with Crippen molar-refractivity contribution in [2.75, 3.05) is 5.32 Å². The van der Waals surface area contributed by atoms with Gasteiger partial charge < -0.3 is 5.32 Å². The quantitative estimate of drug-likeness (QED) is 0.768. The molecule has 3 aromatic rings. The number of anilines is 1. The van der Waals surface area contributed by atoms with Crippen molar-refractivity contribution in [1.82, 2.24) is 15.0 Å². The van der Waals surface area contributed by atoms with Crippen molar-refractivity contribution in [2.24, 2.45) is 0 Å². The van der Waals surface area contributed by atoms with Gasteiger partial charge in [0.2, 0.25) is 5.91 Å². The molecule has 4 rings (SSSR count). The van der Waals surface area contributed by atoms with Crippen LogP contribution in [0.25, 0.3) is 10.2 Å². The minimum atomic E-state index is -0.272. The Hall–Kier alpha value is -2.54. The predicted molar refractivity (Wildman–Crippen MR) is 103 cm³/mol. The summed E-state index contributed by atoms with van der Waals surface area (Å²) in [4.78, 5) is 27.2. The number of thiophene rings is 1. The first kappa shape index (κ1) is 16.9. The van der Waals surface area contributed by atoms with Crippen LogP contribution in [-0.4, -0.2) is 20.9 Å². The largest absolute Gasteiger partial charge is 0.324 e. The van der Waals surface area contributed by atoms with Crippen LogP contribution in [0.1, 0.15) is 35.8 Å². The SMILES string of the molecule is CCc1ccccc1NC(=O)Cn1nnc2sc3c(c2c1=O)CCCC3. The van der Waals surface area contributed by atoms with E-state index in [9.17, 15) is 9.59 Å². The van der Waals surface area contributed by atoms with Gasteiger partial charge in [-0.1, -0.05) is 30.3 Å². The Balaban J connectivity index is 1.62. The van der Waals surface area contributed by atoms with Gasteiger partial charge in [0.15, 0.2) is 4.83 Å². The smallest absolute Gasteiger partial charge is 0.279 e. The molecule has 2 aromatic heterocycles. The fourth-order valence-electron chi connectivity index (χ4n) is 3.49. The number of rotatable bonds is 4. The van der Waals surface area contributed by atoms with E-state index in [0.29, 0.717) is 10.2 Å². The molecule has 1 N–H and O–H groups in total. The highest BCUT2D eigenvalue weighted by atomic mass is 32.1. The molecular formula is C19H20N4O2S. The van der Waals surface area contributed by atoms with E-state index in [-0.39, 0.29) is 18.0 Å². The summed E-state index contributed by atoms with van der Waals surface area (Å²) < 4.78 is 1.17. The number of aromatic nitrogens is 3. The Morgan fingerprint density at radius 3 is 2.92 bits per heavy atom. The summed E-state index contributed by atoms with van der Waals surface area (Å²) in [5.74, 6) is -0.272. The van der Waals surface area contributed by atoms with Crippen LogP contribution in [0.5, 0.6) is 0 Å². The summed E-state index contributed by atoms with van der Waals surface area (Å²) in [6, 6.07) is 7.66. The normalized spacial score (nSPS) is 13.6. The number of benzene rings is 1.